The van der Waals surface area contributed by atoms with Crippen LogP contribution >= 0.6 is 0 Å². The molecule has 9 nitrogen and oxygen atoms in total. The average molecular weight is 483 g/mol. The van der Waals surface area contributed by atoms with Crippen molar-refractivity contribution >= 4 is 35.3 Å². The fraction of sp³-hybridized carbons (Fsp3) is 0.500. The van der Waals surface area contributed by atoms with Crippen molar-refractivity contribution in [1.82, 2.24) is 4.90 Å². The van der Waals surface area contributed by atoms with Crippen LogP contribution in [-0.2, 0) is 28.7 Å². The highest BCUT2D eigenvalue weighted by atomic mass is 16.5. The van der Waals surface area contributed by atoms with Gasteiger partial charge in [0, 0.05) is 5.69 Å². The second-order valence-electron chi connectivity index (χ2n) is 9.60. The predicted octanol–water partition coefficient (Wildman–Crippen LogP) is 2.57. The van der Waals surface area contributed by atoms with E-state index in [0.29, 0.717) is 17.9 Å². The molecule has 9 heteroatoms. The first-order valence-electron chi connectivity index (χ1n) is 12.0. The van der Waals surface area contributed by atoms with Gasteiger partial charge in [0.15, 0.2) is 6.61 Å². The molecule has 1 aliphatic heterocycles. The molecule has 186 valence electrons. The van der Waals surface area contributed by atoms with Crippen molar-refractivity contribution in [2.45, 2.75) is 39.7 Å². The molecule has 3 aliphatic rings. The lowest BCUT2D eigenvalue weighted by Gasteiger charge is -2.28. The smallest absolute Gasteiger partial charge is 0.338 e. The third kappa shape index (κ3) is 4.72. The number of carbonyl (C=O) groups is 5. The van der Waals surface area contributed by atoms with Crippen LogP contribution in [0.15, 0.2) is 36.4 Å². The number of imide groups is 1. The number of hydrogen-bond donors (Lipinski definition) is 1. The van der Waals surface area contributed by atoms with E-state index in [-0.39, 0.29) is 29.6 Å². The summed E-state index contributed by atoms with van der Waals surface area (Å²) in [5, 5.41) is 2.59. The molecule has 1 saturated heterocycles. The number of hydrogen-bond acceptors (Lipinski definition) is 7. The minimum absolute atomic E-state index is 0.0425. The number of fused-ring (bicyclic) bond motifs is 5. The molecule has 2 aliphatic carbocycles. The number of carbonyl (C=O) groups excluding carboxylic acids is 5. The van der Waals surface area contributed by atoms with Crippen molar-refractivity contribution in [2.24, 2.45) is 29.6 Å². The van der Waals surface area contributed by atoms with E-state index in [1.165, 1.54) is 12.1 Å². The summed E-state index contributed by atoms with van der Waals surface area (Å²) in [5.74, 6) is -3.56. The maximum absolute atomic E-state index is 13.1. The average Bonchev–Trinajstić information content (AvgIpc) is 3.51. The SMILES string of the molecule is CCCOC(=O)c1ccc(NC(=O)COC(=O)[C@H](C(C)C)N2C(=O)[C@@H]3[C@@H](C2=O)[C@H]2C=C[C@H]3C2)cc1. The van der Waals surface area contributed by atoms with Crippen LogP contribution in [0.1, 0.15) is 44.0 Å². The van der Waals surface area contributed by atoms with Crippen LogP contribution in [0.4, 0.5) is 5.69 Å². The van der Waals surface area contributed by atoms with Crippen LogP contribution < -0.4 is 5.32 Å². The molecule has 0 unspecified atom stereocenters. The Morgan fingerprint density at radius 2 is 1.60 bits per heavy atom. The molecule has 4 rings (SSSR count). The predicted molar refractivity (Wildman–Crippen MR) is 125 cm³/mol. The highest BCUT2D eigenvalue weighted by Crippen LogP contribution is 2.53. The molecule has 5 atom stereocenters. The van der Waals surface area contributed by atoms with Gasteiger partial charge in [-0.15, -0.1) is 0 Å². The lowest BCUT2D eigenvalue weighted by molar-refractivity contribution is -0.162. The van der Waals surface area contributed by atoms with Gasteiger partial charge >= 0.3 is 11.9 Å². The zero-order valence-electron chi connectivity index (χ0n) is 20.1. The zero-order valence-corrected chi connectivity index (χ0v) is 20.1. The van der Waals surface area contributed by atoms with Gasteiger partial charge in [0.2, 0.25) is 11.8 Å². The summed E-state index contributed by atoms with van der Waals surface area (Å²) in [5.41, 5.74) is 0.773. The largest absolute Gasteiger partial charge is 0.462 e. The van der Waals surface area contributed by atoms with Crippen LogP contribution in [0.25, 0.3) is 0 Å². The number of ether oxygens (including phenoxy) is 2. The van der Waals surface area contributed by atoms with Crippen molar-refractivity contribution in [3.63, 3.8) is 0 Å². The summed E-state index contributed by atoms with van der Waals surface area (Å²) in [4.78, 5) is 64.4. The van der Waals surface area contributed by atoms with Crippen molar-refractivity contribution < 1.29 is 33.4 Å². The van der Waals surface area contributed by atoms with Gasteiger partial charge in [-0.25, -0.2) is 9.59 Å². The molecule has 2 bridgehead atoms. The maximum atomic E-state index is 13.1. The summed E-state index contributed by atoms with van der Waals surface area (Å²) in [6.07, 6.45) is 5.51. The zero-order chi connectivity index (χ0) is 25.3. The van der Waals surface area contributed by atoms with Crippen LogP contribution in [-0.4, -0.2) is 53.8 Å². The first kappa shape index (κ1) is 24.6. The van der Waals surface area contributed by atoms with Gasteiger partial charge in [-0.2, -0.15) is 0 Å². The van der Waals surface area contributed by atoms with Crippen molar-refractivity contribution in [3.05, 3.63) is 42.0 Å². The first-order valence-corrected chi connectivity index (χ1v) is 12.0. The first-order chi connectivity index (χ1) is 16.7. The second-order valence-corrected chi connectivity index (χ2v) is 9.60. The maximum Gasteiger partial charge on any atom is 0.338 e. The van der Waals surface area contributed by atoms with Gasteiger partial charge < -0.3 is 14.8 Å². The van der Waals surface area contributed by atoms with E-state index in [0.717, 1.165) is 17.7 Å². The normalized spacial score (nSPS) is 25.1. The summed E-state index contributed by atoms with van der Waals surface area (Å²) in [7, 11) is 0. The van der Waals surface area contributed by atoms with Gasteiger partial charge in [0.05, 0.1) is 24.0 Å². The Kier molecular flexibility index (Phi) is 7.05. The third-order valence-corrected chi connectivity index (χ3v) is 6.84. The molecule has 2 fully saturated rings. The van der Waals surface area contributed by atoms with E-state index in [9.17, 15) is 24.0 Å². The Morgan fingerprint density at radius 1 is 1.00 bits per heavy atom. The fourth-order valence-corrected chi connectivity index (χ4v) is 5.26. The lowest BCUT2D eigenvalue weighted by atomic mass is 9.85. The van der Waals surface area contributed by atoms with E-state index in [1.54, 1.807) is 26.0 Å². The number of rotatable bonds is 9. The Hall–Kier alpha value is -3.49. The minimum Gasteiger partial charge on any atom is -0.462 e. The Labute approximate surface area is 203 Å². The quantitative estimate of drug-likeness (QED) is 0.326. The Morgan fingerprint density at radius 3 is 2.14 bits per heavy atom. The van der Waals surface area contributed by atoms with Crippen LogP contribution in [0, 0.1) is 29.6 Å². The lowest BCUT2D eigenvalue weighted by Crippen LogP contribution is -2.50. The summed E-state index contributed by atoms with van der Waals surface area (Å²) >= 11 is 0. The number of anilines is 1. The number of esters is 2. The van der Waals surface area contributed by atoms with Crippen LogP contribution in [0.2, 0.25) is 0 Å². The molecule has 35 heavy (non-hydrogen) atoms. The van der Waals surface area contributed by atoms with E-state index >= 15 is 0 Å². The standard InChI is InChI=1S/C26H30N2O7/c1-4-11-34-25(32)15-7-9-18(10-8-15)27-19(29)13-35-26(33)22(14(2)3)28-23(30)20-16-5-6-17(12-16)21(20)24(28)31/h5-10,14,16-17,20-22H,4,11-13H2,1-3H3,(H,27,29)/t16-,17-,20-,21-,22-/m0/s1. The topological polar surface area (TPSA) is 119 Å². The minimum atomic E-state index is -1.08. The molecule has 1 aromatic carbocycles. The van der Waals surface area contributed by atoms with Crippen LogP contribution in [0.5, 0.6) is 0 Å². The van der Waals surface area contributed by atoms with Crippen LogP contribution in [0.3, 0.4) is 0 Å². The molecule has 1 saturated carbocycles. The van der Waals surface area contributed by atoms with Gasteiger partial charge in [-0.3, -0.25) is 19.3 Å². The molecule has 3 amide bonds. The molecule has 1 heterocycles. The van der Waals surface area contributed by atoms with E-state index < -0.39 is 42.3 Å². The van der Waals surface area contributed by atoms with Crippen molar-refractivity contribution in [3.8, 4) is 0 Å². The van der Waals surface area contributed by atoms with E-state index in [2.05, 4.69) is 5.32 Å². The number of amides is 3. The highest BCUT2D eigenvalue weighted by Gasteiger charge is 2.61. The van der Waals surface area contributed by atoms with Gasteiger partial charge in [0.1, 0.15) is 6.04 Å². The fourth-order valence-electron chi connectivity index (χ4n) is 5.26. The van der Waals surface area contributed by atoms with E-state index in [1.807, 2.05) is 19.1 Å². The second kappa shape index (κ2) is 10.0. The van der Waals surface area contributed by atoms with Crippen molar-refractivity contribution in [2.75, 3.05) is 18.5 Å². The summed E-state index contributed by atoms with van der Waals surface area (Å²) in [6.45, 7) is 5.13. The van der Waals surface area contributed by atoms with Gasteiger partial charge in [0.25, 0.3) is 5.91 Å². The third-order valence-electron chi connectivity index (χ3n) is 6.84. The number of nitrogens with one attached hydrogen (secondary N) is 1. The molecular weight excluding hydrogens is 452 g/mol. The molecule has 1 N–H and O–H groups in total. The molecule has 0 radical (unpaired) electrons. The van der Waals surface area contributed by atoms with E-state index in [4.69, 9.17) is 9.47 Å². The number of nitrogens with zero attached hydrogens (tertiary/aromatic N) is 1. The Balaban J connectivity index is 1.34. The number of benzene rings is 1. The molecule has 1 aromatic rings. The highest BCUT2D eigenvalue weighted by molar-refractivity contribution is 6.09. The van der Waals surface area contributed by atoms with Gasteiger partial charge in [-0.05, 0) is 54.9 Å². The summed E-state index contributed by atoms with van der Waals surface area (Å²) in [6, 6.07) is 5.06. The molecular formula is C26H30N2O7. The molecule has 0 aromatic heterocycles. The Bertz CT molecular complexity index is 1030. The summed E-state index contributed by atoms with van der Waals surface area (Å²) < 4.78 is 10.3. The number of likely N-dealkylation sites (tertiary alicyclic amines) is 1. The number of allylic oxidation sites excluding steroid dienone is 2. The monoisotopic (exact) mass is 482 g/mol. The van der Waals surface area contributed by atoms with Crippen molar-refractivity contribution in [1.29, 1.82) is 0 Å². The molecule has 0 spiro atoms. The van der Waals surface area contributed by atoms with Gasteiger partial charge in [-0.1, -0.05) is 32.9 Å².